The number of carbonyl (C=O) groups excluding carboxylic acids is 1. The van der Waals surface area contributed by atoms with E-state index in [4.69, 9.17) is 6.42 Å². The van der Waals surface area contributed by atoms with E-state index < -0.39 is 6.09 Å². The number of nitrogens with one attached hydrogen (secondary N) is 2. The van der Waals surface area contributed by atoms with Gasteiger partial charge in [-0.15, -0.1) is 6.42 Å². The van der Waals surface area contributed by atoms with E-state index in [0.717, 1.165) is 12.0 Å². The Labute approximate surface area is 119 Å². The summed E-state index contributed by atoms with van der Waals surface area (Å²) in [7, 11) is 1.36. The molecule has 2 N–H and O–H groups in total. The van der Waals surface area contributed by atoms with Gasteiger partial charge in [0.1, 0.15) is 0 Å². The Morgan fingerprint density at radius 3 is 3.00 bits per heavy atom. The van der Waals surface area contributed by atoms with E-state index in [2.05, 4.69) is 39.5 Å². The molecule has 20 heavy (non-hydrogen) atoms. The van der Waals surface area contributed by atoms with Crippen molar-refractivity contribution in [2.75, 3.05) is 20.2 Å². The van der Waals surface area contributed by atoms with Gasteiger partial charge in [-0.2, -0.15) is 0 Å². The molecule has 0 saturated carbocycles. The second-order valence-corrected chi connectivity index (χ2v) is 4.89. The summed E-state index contributed by atoms with van der Waals surface area (Å²) in [6.45, 7) is 0.914. The zero-order chi connectivity index (χ0) is 14.4. The Morgan fingerprint density at radius 1 is 1.45 bits per heavy atom. The van der Waals surface area contributed by atoms with Crippen LogP contribution in [0.15, 0.2) is 18.2 Å². The standard InChI is InChI=1S/C16H20N2O2/c1-3-9-17-15(11-18-16(19)20-2)14-8-7-12-5-4-6-13(12)10-14/h1,7-8,10,15,17H,4-6,9,11H2,2H3,(H,18,19). The maximum atomic E-state index is 11.2. The summed E-state index contributed by atoms with van der Waals surface area (Å²) in [5.41, 5.74) is 4.00. The SMILES string of the molecule is C#CCNC(CNC(=O)OC)c1ccc2c(c1)CCC2. The molecule has 106 valence electrons. The van der Waals surface area contributed by atoms with Crippen LogP contribution in [0.5, 0.6) is 0 Å². The molecule has 2 rings (SSSR count). The molecule has 0 saturated heterocycles. The number of hydrogen-bond donors (Lipinski definition) is 2. The lowest BCUT2D eigenvalue weighted by molar-refractivity contribution is 0.170. The molecule has 0 aliphatic heterocycles. The molecule has 0 spiro atoms. The van der Waals surface area contributed by atoms with E-state index in [1.807, 2.05) is 0 Å². The fourth-order valence-corrected chi connectivity index (χ4v) is 2.56. The number of fused-ring (bicyclic) bond motifs is 1. The Hall–Kier alpha value is -1.99. The van der Waals surface area contributed by atoms with Gasteiger partial charge in [0.15, 0.2) is 0 Å². The molecule has 0 aromatic heterocycles. The molecule has 0 heterocycles. The van der Waals surface area contributed by atoms with Crippen molar-refractivity contribution in [3.05, 3.63) is 34.9 Å². The number of rotatable bonds is 5. The third-order valence-electron chi connectivity index (χ3n) is 3.61. The quantitative estimate of drug-likeness (QED) is 0.804. The number of carbonyl (C=O) groups is 1. The summed E-state index contributed by atoms with van der Waals surface area (Å²) < 4.78 is 4.60. The van der Waals surface area contributed by atoms with Gasteiger partial charge in [-0.3, -0.25) is 5.32 Å². The molecule has 1 aliphatic rings. The maximum Gasteiger partial charge on any atom is 0.406 e. The average molecular weight is 272 g/mol. The predicted molar refractivity (Wildman–Crippen MR) is 78.5 cm³/mol. The summed E-state index contributed by atoms with van der Waals surface area (Å²) in [6, 6.07) is 6.50. The smallest absolute Gasteiger partial charge is 0.406 e. The Bertz CT molecular complexity index is 520. The summed E-state index contributed by atoms with van der Waals surface area (Å²) in [6.07, 6.45) is 8.39. The lowest BCUT2D eigenvalue weighted by Crippen LogP contribution is -2.35. The van der Waals surface area contributed by atoms with Crippen LogP contribution >= 0.6 is 0 Å². The largest absolute Gasteiger partial charge is 0.453 e. The zero-order valence-corrected chi connectivity index (χ0v) is 11.7. The van der Waals surface area contributed by atoms with Gasteiger partial charge in [0.05, 0.1) is 19.7 Å². The fraction of sp³-hybridized carbons (Fsp3) is 0.438. The van der Waals surface area contributed by atoms with Crippen molar-refractivity contribution in [1.82, 2.24) is 10.6 Å². The number of methoxy groups -OCH3 is 1. The molecule has 1 aromatic rings. The molecule has 0 fully saturated rings. The van der Waals surface area contributed by atoms with E-state index in [1.165, 1.54) is 31.1 Å². The molecule has 1 amide bonds. The number of aryl methyl sites for hydroxylation is 2. The minimum Gasteiger partial charge on any atom is -0.453 e. The second kappa shape index (κ2) is 6.97. The van der Waals surface area contributed by atoms with Crippen LogP contribution < -0.4 is 10.6 Å². The Kier molecular flexibility index (Phi) is 5.03. The lowest BCUT2D eigenvalue weighted by Gasteiger charge is -2.19. The minimum absolute atomic E-state index is 0.00366. The molecule has 4 heteroatoms. The van der Waals surface area contributed by atoms with Crippen LogP contribution in [0.4, 0.5) is 4.79 Å². The lowest BCUT2D eigenvalue weighted by atomic mass is 10.0. The third kappa shape index (κ3) is 3.52. The maximum absolute atomic E-state index is 11.2. The van der Waals surface area contributed by atoms with E-state index in [9.17, 15) is 4.79 Å². The summed E-state index contributed by atoms with van der Waals surface area (Å²) in [5, 5.41) is 5.97. The van der Waals surface area contributed by atoms with Crippen LogP contribution in [0.3, 0.4) is 0 Å². The van der Waals surface area contributed by atoms with Crippen LogP contribution in [0.1, 0.15) is 29.2 Å². The first-order chi connectivity index (χ1) is 9.74. The number of benzene rings is 1. The Balaban J connectivity index is 2.09. The molecular weight excluding hydrogens is 252 g/mol. The third-order valence-corrected chi connectivity index (χ3v) is 3.61. The highest BCUT2D eigenvalue weighted by Gasteiger charge is 2.16. The topological polar surface area (TPSA) is 50.4 Å². The van der Waals surface area contributed by atoms with Gasteiger partial charge in [-0.1, -0.05) is 24.1 Å². The first kappa shape index (κ1) is 14.4. The van der Waals surface area contributed by atoms with Gasteiger partial charge >= 0.3 is 6.09 Å². The van der Waals surface area contributed by atoms with Crippen molar-refractivity contribution >= 4 is 6.09 Å². The van der Waals surface area contributed by atoms with Crippen molar-refractivity contribution < 1.29 is 9.53 Å². The number of terminal acetylenes is 1. The Morgan fingerprint density at radius 2 is 2.25 bits per heavy atom. The molecular formula is C16H20N2O2. The average Bonchev–Trinajstić information content (AvgIpc) is 2.94. The highest BCUT2D eigenvalue weighted by Crippen LogP contribution is 2.25. The van der Waals surface area contributed by atoms with Crippen LogP contribution in [-0.2, 0) is 17.6 Å². The van der Waals surface area contributed by atoms with E-state index in [-0.39, 0.29) is 6.04 Å². The molecule has 4 nitrogen and oxygen atoms in total. The van der Waals surface area contributed by atoms with Gasteiger partial charge in [-0.25, -0.2) is 4.79 Å². The van der Waals surface area contributed by atoms with Gasteiger partial charge in [0.25, 0.3) is 0 Å². The van der Waals surface area contributed by atoms with E-state index >= 15 is 0 Å². The van der Waals surface area contributed by atoms with Crippen molar-refractivity contribution in [1.29, 1.82) is 0 Å². The fourth-order valence-electron chi connectivity index (χ4n) is 2.56. The van der Waals surface area contributed by atoms with Crippen LogP contribution in [0.2, 0.25) is 0 Å². The summed E-state index contributed by atoms with van der Waals surface area (Å²) in [4.78, 5) is 11.2. The van der Waals surface area contributed by atoms with Crippen LogP contribution in [0, 0.1) is 12.3 Å². The van der Waals surface area contributed by atoms with Crippen LogP contribution in [-0.4, -0.2) is 26.3 Å². The molecule has 0 bridgehead atoms. The number of alkyl carbamates (subject to hydrolysis) is 1. The monoisotopic (exact) mass is 272 g/mol. The van der Waals surface area contributed by atoms with Crippen LogP contribution in [0.25, 0.3) is 0 Å². The van der Waals surface area contributed by atoms with E-state index in [1.54, 1.807) is 0 Å². The molecule has 0 radical (unpaired) electrons. The molecule has 1 aliphatic carbocycles. The first-order valence-electron chi connectivity index (χ1n) is 6.85. The highest BCUT2D eigenvalue weighted by atomic mass is 16.5. The number of hydrogen-bond acceptors (Lipinski definition) is 3. The van der Waals surface area contributed by atoms with Crippen molar-refractivity contribution in [2.24, 2.45) is 0 Å². The van der Waals surface area contributed by atoms with Crippen molar-refractivity contribution in [3.8, 4) is 12.3 Å². The second-order valence-electron chi connectivity index (χ2n) is 4.89. The van der Waals surface area contributed by atoms with Gasteiger partial charge in [0.2, 0.25) is 0 Å². The van der Waals surface area contributed by atoms with Crippen molar-refractivity contribution in [2.45, 2.75) is 25.3 Å². The minimum atomic E-state index is -0.432. The number of ether oxygens (including phenoxy) is 1. The predicted octanol–water partition coefficient (Wildman–Crippen LogP) is 1.80. The number of amides is 1. The molecule has 1 unspecified atom stereocenters. The van der Waals surface area contributed by atoms with E-state index in [0.29, 0.717) is 13.1 Å². The van der Waals surface area contributed by atoms with Gasteiger partial charge < -0.3 is 10.1 Å². The summed E-state index contributed by atoms with van der Waals surface area (Å²) >= 11 is 0. The zero-order valence-electron chi connectivity index (χ0n) is 11.7. The summed E-state index contributed by atoms with van der Waals surface area (Å²) in [5.74, 6) is 2.57. The normalized spacial score (nSPS) is 14.2. The van der Waals surface area contributed by atoms with Crippen molar-refractivity contribution in [3.63, 3.8) is 0 Å². The first-order valence-corrected chi connectivity index (χ1v) is 6.85. The van der Waals surface area contributed by atoms with Gasteiger partial charge in [-0.05, 0) is 36.0 Å². The highest BCUT2D eigenvalue weighted by molar-refractivity contribution is 5.66. The molecule has 1 atom stereocenters. The molecule has 1 aromatic carbocycles. The van der Waals surface area contributed by atoms with Gasteiger partial charge in [0, 0.05) is 6.54 Å².